The van der Waals surface area contributed by atoms with E-state index in [0.717, 1.165) is 28.1 Å². The van der Waals surface area contributed by atoms with Crippen molar-refractivity contribution in [3.63, 3.8) is 0 Å². The van der Waals surface area contributed by atoms with Gasteiger partial charge in [-0.05, 0) is 44.3 Å². The first-order valence-corrected chi connectivity index (χ1v) is 9.17. The summed E-state index contributed by atoms with van der Waals surface area (Å²) >= 11 is 0. The van der Waals surface area contributed by atoms with Crippen molar-refractivity contribution >= 4 is 5.91 Å². The molecule has 0 aliphatic carbocycles. The Bertz CT molecular complexity index is 949. The van der Waals surface area contributed by atoms with Crippen molar-refractivity contribution in [2.45, 2.75) is 19.5 Å². The van der Waals surface area contributed by atoms with E-state index in [2.05, 4.69) is 10.4 Å². The zero-order valence-electron chi connectivity index (χ0n) is 16.7. The number of benzene rings is 2. The predicted molar refractivity (Wildman–Crippen MR) is 110 cm³/mol. The first kappa shape index (κ1) is 19.6. The lowest BCUT2D eigenvalue weighted by Crippen LogP contribution is -2.37. The number of hydrogen-bond acceptors (Lipinski definition) is 4. The molecule has 1 atom stereocenters. The Balaban J connectivity index is 1.70. The van der Waals surface area contributed by atoms with Crippen LogP contribution in [0, 0.1) is 6.92 Å². The van der Waals surface area contributed by atoms with Crippen molar-refractivity contribution in [2.75, 3.05) is 21.2 Å². The molecule has 1 amide bonds. The second-order valence-corrected chi connectivity index (χ2v) is 6.94. The van der Waals surface area contributed by atoms with Crippen LogP contribution < -0.4 is 10.1 Å². The molecule has 0 bridgehead atoms. The molecule has 0 fully saturated rings. The molecule has 6 nitrogen and oxygen atoms in total. The summed E-state index contributed by atoms with van der Waals surface area (Å²) in [5, 5.41) is 7.43. The van der Waals surface area contributed by atoms with Gasteiger partial charge in [-0.2, -0.15) is 5.10 Å². The van der Waals surface area contributed by atoms with Crippen LogP contribution in [0.5, 0.6) is 5.75 Å². The highest BCUT2D eigenvalue weighted by molar-refractivity contribution is 5.83. The molecular weight excluding hydrogens is 352 g/mol. The minimum absolute atomic E-state index is 0.0339. The van der Waals surface area contributed by atoms with E-state index in [9.17, 15) is 4.79 Å². The highest BCUT2D eigenvalue weighted by atomic mass is 16.5. The average molecular weight is 378 g/mol. The van der Waals surface area contributed by atoms with Crippen LogP contribution in [0.25, 0.3) is 5.69 Å². The SMILES string of the molecule is COc1cccc(-n2cc(CNC(=O)[C@H](c3ccccc3C)N(C)C)cn2)c1. The van der Waals surface area contributed by atoms with Gasteiger partial charge in [-0.25, -0.2) is 4.68 Å². The Hall–Kier alpha value is -3.12. The summed E-state index contributed by atoms with van der Waals surface area (Å²) in [4.78, 5) is 14.8. The summed E-state index contributed by atoms with van der Waals surface area (Å²) in [5.74, 6) is 0.739. The molecular formula is C22H26N4O2. The van der Waals surface area contributed by atoms with Gasteiger partial charge in [0.2, 0.25) is 5.91 Å². The number of aromatic nitrogens is 2. The number of hydrogen-bond donors (Lipinski definition) is 1. The van der Waals surface area contributed by atoms with E-state index in [4.69, 9.17) is 4.74 Å². The molecule has 6 heteroatoms. The van der Waals surface area contributed by atoms with Crippen LogP contribution >= 0.6 is 0 Å². The lowest BCUT2D eigenvalue weighted by molar-refractivity contribution is -0.126. The summed E-state index contributed by atoms with van der Waals surface area (Å²) in [6.07, 6.45) is 3.67. The maximum atomic E-state index is 12.9. The third-order valence-corrected chi connectivity index (χ3v) is 4.67. The minimum atomic E-state index is -0.338. The number of nitrogens with zero attached hydrogens (tertiary/aromatic N) is 3. The molecule has 28 heavy (non-hydrogen) atoms. The number of methoxy groups -OCH3 is 1. The van der Waals surface area contributed by atoms with E-state index < -0.39 is 0 Å². The molecule has 0 radical (unpaired) electrons. The molecule has 0 spiro atoms. The standard InChI is InChI=1S/C22H26N4O2/c1-16-8-5-6-11-20(16)21(25(2)3)22(27)23-13-17-14-24-26(15-17)18-9-7-10-19(12-18)28-4/h5-12,14-15,21H,13H2,1-4H3,(H,23,27)/t21-/m0/s1. The first-order valence-electron chi connectivity index (χ1n) is 9.17. The second-order valence-electron chi connectivity index (χ2n) is 6.94. The molecule has 146 valence electrons. The van der Waals surface area contributed by atoms with E-state index in [1.54, 1.807) is 18.0 Å². The van der Waals surface area contributed by atoms with E-state index in [1.165, 1.54) is 0 Å². The summed E-state index contributed by atoms with van der Waals surface area (Å²) in [7, 11) is 5.47. The molecule has 1 aromatic heterocycles. The maximum Gasteiger partial charge on any atom is 0.242 e. The topological polar surface area (TPSA) is 59.4 Å². The molecule has 0 aliphatic heterocycles. The van der Waals surface area contributed by atoms with Gasteiger partial charge in [0.05, 0.1) is 19.0 Å². The Morgan fingerprint density at radius 3 is 2.71 bits per heavy atom. The monoisotopic (exact) mass is 378 g/mol. The van der Waals surface area contributed by atoms with Crippen molar-refractivity contribution in [3.05, 3.63) is 77.6 Å². The molecule has 3 aromatic rings. The van der Waals surface area contributed by atoms with Crippen LogP contribution in [0.2, 0.25) is 0 Å². The van der Waals surface area contributed by atoms with Gasteiger partial charge in [0.15, 0.2) is 0 Å². The minimum Gasteiger partial charge on any atom is -0.497 e. The molecule has 0 saturated heterocycles. The fraction of sp³-hybridized carbons (Fsp3) is 0.273. The van der Waals surface area contributed by atoms with Gasteiger partial charge in [-0.1, -0.05) is 30.3 Å². The smallest absolute Gasteiger partial charge is 0.242 e. The fourth-order valence-electron chi connectivity index (χ4n) is 3.18. The largest absolute Gasteiger partial charge is 0.497 e. The van der Waals surface area contributed by atoms with Gasteiger partial charge in [0, 0.05) is 24.4 Å². The Labute approximate surface area is 165 Å². The molecule has 0 saturated carbocycles. The van der Waals surface area contributed by atoms with Gasteiger partial charge < -0.3 is 10.1 Å². The normalized spacial score (nSPS) is 12.0. The highest BCUT2D eigenvalue weighted by Gasteiger charge is 2.24. The van der Waals surface area contributed by atoms with E-state index in [-0.39, 0.29) is 11.9 Å². The number of carbonyl (C=O) groups is 1. The third-order valence-electron chi connectivity index (χ3n) is 4.67. The maximum absolute atomic E-state index is 12.9. The Morgan fingerprint density at radius 2 is 2.00 bits per heavy atom. The van der Waals surface area contributed by atoms with Gasteiger partial charge in [0.25, 0.3) is 0 Å². The Morgan fingerprint density at radius 1 is 1.21 bits per heavy atom. The van der Waals surface area contributed by atoms with Gasteiger partial charge in [0.1, 0.15) is 11.8 Å². The van der Waals surface area contributed by atoms with Crippen LogP contribution in [0.1, 0.15) is 22.7 Å². The molecule has 1 heterocycles. The summed E-state index contributed by atoms with van der Waals surface area (Å²) in [5.41, 5.74) is 3.95. The van der Waals surface area contributed by atoms with Crippen molar-refractivity contribution in [1.82, 2.24) is 20.0 Å². The van der Waals surface area contributed by atoms with E-state index in [0.29, 0.717) is 6.54 Å². The lowest BCUT2D eigenvalue weighted by Gasteiger charge is -2.25. The highest BCUT2D eigenvalue weighted by Crippen LogP contribution is 2.22. The molecule has 2 aromatic carbocycles. The number of aryl methyl sites for hydroxylation is 1. The molecule has 0 unspecified atom stereocenters. The second kappa shape index (κ2) is 8.71. The van der Waals surface area contributed by atoms with Crippen LogP contribution in [0.15, 0.2) is 60.9 Å². The summed E-state index contributed by atoms with van der Waals surface area (Å²) in [6, 6.07) is 15.3. The van der Waals surface area contributed by atoms with Crippen LogP contribution in [-0.2, 0) is 11.3 Å². The number of amides is 1. The quantitative estimate of drug-likeness (QED) is 0.686. The van der Waals surface area contributed by atoms with Crippen molar-refractivity contribution in [1.29, 1.82) is 0 Å². The summed E-state index contributed by atoms with van der Waals surface area (Å²) < 4.78 is 7.03. The predicted octanol–water partition coefficient (Wildman–Crippen LogP) is 3.11. The number of carbonyl (C=O) groups excluding carboxylic acids is 1. The molecule has 1 N–H and O–H groups in total. The Kier molecular flexibility index (Phi) is 6.11. The van der Waals surface area contributed by atoms with Crippen molar-refractivity contribution in [2.24, 2.45) is 0 Å². The van der Waals surface area contributed by atoms with Crippen LogP contribution in [-0.4, -0.2) is 41.8 Å². The number of likely N-dealkylation sites (N-methyl/N-ethyl adjacent to an activating group) is 1. The molecule has 0 aliphatic rings. The van der Waals surface area contributed by atoms with Crippen molar-refractivity contribution in [3.8, 4) is 11.4 Å². The van der Waals surface area contributed by atoms with Gasteiger partial charge in [-0.3, -0.25) is 9.69 Å². The molecule has 3 rings (SSSR count). The van der Waals surface area contributed by atoms with Crippen LogP contribution in [0.4, 0.5) is 0 Å². The van der Waals surface area contributed by atoms with Gasteiger partial charge >= 0.3 is 0 Å². The summed E-state index contributed by atoms with van der Waals surface area (Å²) in [6.45, 7) is 2.44. The van der Waals surface area contributed by atoms with E-state index >= 15 is 0 Å². The zero-order valence-corrected chi connectivity index (χ0v) is 16.7. The first-order chi connectivity index (χ1) is 13.5. The lowest BCUT2D eigenvalue weighted by atomic mass is 10.00. The number of ether oxygens (including phenoxy) is 1. The van der Waals surface area contributed by atoms with Gasteiger partial charge in [-0.15, -0.1) is 0 Å². The zero-order chi connectivity index (χ0) is 20.1. The van der Waals surface area contributed by atoms with Crippen LogP contribution in [0.3, 0.4) is 0 Å². The van der Waals surface area contributed by atoms with E-state index in [1.807, 2.05) is 80.6 Å². The fourth-order valence-corrected chi connectivity index (χ4v) is 3.18. The van der Waals surface area contributed by atoms with Crippen molar-refractivity contribution < 1.29 is 9.53 Å². The third kappa shape index (κ3) is 4.40. The number of nitrogens with one attached hydrogen (secondary N) is 1. The average Bonchev–Trinajstić information content (AvgIpc) is 3.17. The number of rotatable bonds is 7.